The number of nitrogens with two attached hydrogens (primary N) is 1. The molecule has 1 aromatic heterocycles. The summed E-state index contributed by atoms with van der Waals surface area (Å²) in [5.41, 5.74) is 6.40. The molecule has 0 radical (unpaired) electrons. The molecule has 0 bridgehead atoms. The van der Waals surface area contributed by atoms with E-state index in [1.54, 1.807) is 13.8 Å². The van der Waals surface area contributed by atoms with Crippen LogP contribution in [0, 0.1) is 5.92 Å². The average Bonchev–Trinajstić information content (AvgIpc) is 3.19. The number of imidazole rings is 1. The third-order valence-electron chi connectivity index (χ3n) is 4.19. The van der Waals surface area contributed by atoms with Crippen LogP contribution in [0.4, 0.5) is 0 Å². The van der Waals surface area contributed by atoms with Gasteiger partial charge in [-0.15, -0.1) is 0 Å². The van der Waals surface area contributed by atoms with Gasteiger partial charge in [0.25, 0.3) is 0 Å². The number of rotatable bonds is 12. The van der Waals surface area contributed by atoms with Crippen molar-refractivity contribution in [2.24, 2.45) is 11.7 Å². The van der Waals surface area contributed by atoms with E-state index < -0.39 is 67.0 Å². The fraction of sp³-hybridized carbons (Fsp3) is 0.588. The van der Waals surface area contributed by atoms with Crippen molar-refractivity contribution in [3.05, 3.63) is 18.2 Å². The third-order valence-corrected chi connectivity index (χ3v) is 4.19. The van der Waals surface area contributed by atoms with Crippen molar-refractivity contribution < 1.29 is 34.5 Å². The van der Waals surface area contributed by atoms with Gasteiger partial charge >= 0.3 is 5.97 Å². The lowest BCUT2D eigenvalue weighted by Crippen LogP contribution is -2.59. The van der Waals surface area contributed by atoms with Crippen molar-refractivity contribution in [2.45, 2.75) is 44.4 Å². The summed E-state index contributed by atoms with van der Waals surface area (Å²) in [5.74, 6) is -4.29. The largest absolute Gasteiger partial charge is 0.480 e. The predicted octanol–water partition coefficient (Wildman–Crippen LogP) is -3.54. The molecule has 0 aromatic carbocycles. The molecule has 168 valence electrons. The van der Waals surface area contributed by atoms with E-state index in [0.29, 0.717) is 5.69 Å². The standard InChI is InChI=1S/C17H28N6O7/c1-8(2)13(16(28)22-12(6-25)17(29)30)23-15(27)11(5-24)21-14(26)10(18)3-9-4-19-7-20-9/h4,7-8,10-13,24-25H,3,5-6,18H2,1-2H3,(H,19,20)(H,21,26)(H,22,28)(H,23,27)(H,29,30). The first-order chi connectivity index (χ1) is 14.1. The molecule has 1 rings (SSSR count). The Kier molecular flexibility index (Phi) is 9.88. The van der Waals surface area contributed by atoms with E-state index in [4.69, 9.17) is 15.9 Å². The Hall–Kier alpha value is -3.03. The van der Waals surface area contributed by atoms with E-state index in [1.807, 2.05) is 0 Å². The fourth-order valence-corrected chi connectivity index (χ4v) is 2.43. The smallest absolute Gasteiger partial charge is 0.328 e. The number of aliphatic hydroxyl groups is 2. The fourth-order valence-electron chi connectivity index (χ4n) is 2.43. The molecule has 0 saturated carbocycles. The minimum atomic E-state index is -1.54. The number of nitrogens with zero attached hydrogens (tertiary/aromatic N) is 1. The van der Waals surface area contributed by atoms with Crippen LogP contribution < -0.4 is 21.7 Å². The first kappa shape index (κ1) is 25.0. The summed E-state index contributed by atoms with van der Waals surface area (Å²) in [7, 11) is 0. The number of carboxylic acid groups (broad SMARTS) is 1. The Morgan fingerprint density at radius 2 is 1.63 bits per heavy atom. The number of nitrogens with one attached hydrogen (secondary N) is 4. The van der Waals surface area contributed by atoms with Gasteiger partial charge in [0, 0.05) is 18.3 Å². The Balaban J connectivity index is 2.74. The number of H-pyrrole nitrogens is 1. The van der Waals surface area contributed by atoms with Crippen LogP contribution in [0.15, 0.2) is 12.5 Å². The summed E-state index contributed by atoms with van der Waals surface area (Å²) in [6, 6.07) is -5.11. The number of hydrogen-bond acceptors (Lipinski definition) is 8. The molecule has 1 heterocycles. The summed E-state index contributed by atoms with van der Waals surface area (Å²) in [6.45, 7) is 1.62. The normalized spacial score (nSPS) is 15.0. The Morgan fingerprint density at radius 3 is 2.10 bits per heavy atom. The van der Waals surface area contributed by atoms with Gasteiger partial charge in [0.2, 0.25) is 17.7 Å². The highest BCUT2D eigenvalue weighted by Gasteiger charge is 2.31. The number of aliphatic hydroxyl groups excluding tert-OH is 2. The summed E-state index contributed by atoms with van der Waals surface area (Å²) < 4.78 is 0. The van der Waals surface area contributed by atoms with Gasteiger partial charge in [0.15, 0.2) is 0 Å². The van der Waals surface area contributed by atoms with Crippen LogP contribution in [-0.2, 0) is 25.6 Å². The lowest BCUT2D eigenvalue weighted by atomic mass is 10.0. The zero-order valence-corrected chi connectivity index (χ0v) is 16.7. The van der Waals surface area contributed by atoms with Gasteiger partial charge in [0.05, 0.1) is 25.6 Å². The maximum absolute atomic E-state index is 12.5. The molecular weight excluding hydrogens is 400 g/mol. The number of carboxylic acids is 1. The molecule has 3 amide bonds. The zero-order chi connectivity index (χ0) is 22.8. The number of carbonyl (C=O) groups excluding carboxylic acids is 3. The molecule has 0 spiro atoms. The third kappa shape index (κ3) is 7.42. The SMILES string of the molecule is CC(C)C(NC(=O)C(CO)NC(=O)C(N)Cc1cnc[nH]1)C(=O)NC(CO)C(=O)O. The van der Waals surface area contributed by atoms with E-state index in [9.17, 15) is 24.3 Å². The van der Waals surface area contributed by atoms with Crippen LogP contribution in [0.25, 0.3) is 0 Å². The van der Waals surface area contributed by atoms with Crippen LogP contribution in [0.3, 0.4) is 0 Å². The Labute approximate surface area is 172 Å². The molecule has 13 heteroatoms. The number of amides is 3. The highest BCUT2D eigenvalue weighted by atomic mass is 16.4. The molecule has 1 aromatic rings. The lowest BCUT2D eigenvalue weighted by Gasteiger charge is -2.26. The van der Waals surface area contributed by atoms with Crippen molar-refractivity contribution in [3.63, 3.8) is 0 Å². The molecule has 0 aliphatic rings. The highest BCUT2D eigenvalue weighted by Crippen LogP contribution is 2.04. The molecule has 4 unspecified atom stereocenters. The molecule has 9 N–H and O–H groups in total. The van der Waals surface area contributed by atoms with Crippen LogP contribution in [0.2, 0.25) is 0 Å². The second kappa shape index (κ2) is 11.8. The van der Waals surface area contributed by atoms with Gasteiger partial charge in [-0.05, 0) is 5.92 Å². The number of aliphatic carboxylic acids is 1. The summed E-state index contributed by atoms with van der Waals surface area (Å²) >= 11 is 0. The zero-order valence-electron chi connectivity index (χ0n) is 16.7. The summed E-state index contributed by atoms with van der Waals surface area (Å²) in [4.78, 5) is 54.6. The van der Waals surface area contributed by atoms with Crippen molar-refractivity contribution in [1.29, 1.82) is 0 Å². The van der Waals surface area contributed by atoms with Crippen molar-refractivity contribution in [3.8, 4) is 0 Å². The quantitative estimate of drug-likeness (QED) is 0.165. The summed E-state index contributed by atoms with van der Waals surface area (Å²) in [6.07, 6.45) is 3.04. The van der Waals surface area contributed by atoms with Crippen LogP contribution >= 0.6 is 0 Å². The van der Waals surface area contributed by atoms with Crippen molar-refractivity contribution in [2.75, 3.05) is 13.2 Å². The number of aromatic nitrogens is 2. The highest BCUT2D eigenvalue weighted by molar-refractivity contribution is 5.94. The van der Waals surface area contributed by atoms with Crippen molar-refractivity contribution >= 4 is 23.7 Å². The maximum Gasteiger partial charge on any atom is 0.328 e. The Bertz CT molecular complexity index is 724. The van der Waals surface area contributed by atoms with Crippen molar-refractivity contribution in [1.82, 2.24) is 25.9 Å². The van der Waals surface area contributed by atoms with Gasteiger partial charge in [-0.25, -0.2) is 9.78 Å². The van der Waals surface area contributed by atoms with Gasteiger partial charge < -0.3 is 42.0 Å². The molecule has 0 fully saturated rings. The van der Waals surface area contributed by atoms with E-state index in [2.05, 4.69) is 25.9 Å². The lowest BCUT2D eigenvalue weighted by molar-refractivity contribution is -0.143. The molecule has 0 aliphatic carbocycles. The maximum atomic E-state index is 12.5. The van der Waals surface area contributed by atoms with Gasteiger partial charge in [-0.3, -0.25) is 14.4 Å². The molecule has 0 saturated heterocycles. The van der Waals surface area contributed by atoms with Crippen LogP contribution in [0.5, 0.6) is 0 Å². The predicted molar refractivity (Wildman–Crippen MR) is 103 cm³/mol. The van der Waals surface area contributed by atoms with Crippen LogP contribution in [-0.4, -0.2) is 86.4 Å². The minimum absolute atomic E-state index is 0.125. The van der Waals surface area contributed by atoms with Crippen LogP contribution in [0.1, 0.15) is 19.5 Å². The van der Waals surface area contributed by atoms with Gasteiger partial charge in [-0.2, -0.15) is 0 Å². The van der Waals surface area contributed by atoms with E-state index in [-0.39, 0.29) is 6.42 Å². The minimum Gasteiger partial charge on any atom is -0.480 e. The molecule has 13 nitrogen and oxygen atoms in total. The molecule has 0 aliphatic heterocycles. The monoisotopic (exact) mass is 428 g/mol. The second-order valence-corrected chi connectivity index (χ2v) is 6.94. The topological polar surface area (TPSA) is 220 Å². The Morgan fingerprint density at radius 1 is 1.03 bits per heavy atom. The summed E-state index contributed by atoms with van der Waals surface area (Å²) in [5, 5.41) is 34.2. The van der Waals surface area contributed by atoms with Gasteiger partial charge in [-0.1, -0.05) is 13.8 Å². The van der Waals surface area contributed by atoms with Gasteiger partial charge in [0.1, 0.15) is 18.1 Å². The molecular formula is C17H28N6O7. The molecule has 30 heavy (non-hydrogen) atoms. The van der Waals surface area contributed by atoms with E-state index in [1.165, 1.54) is 12.5 Å². The number of hydrogen-bond donors (Lipinski definition) is 8. The first-order valence-corrected chi connectivity index (χ1v) is 9.19. The number of aromatic amines is 1. The second-order valence-electron chi connectivity index (χ2n) is 6.94. The first-order valence-electron chi connectivity index (χ1n) is 9.19. The number of carbonyl (C=O) groups is 4. The average molecular weight is 428 g/mol. The molecule has 4 atom stereocenters. The van der Waals surface area contributed by atoms with E-state index >= 15 is 0 Å². The van der Waals surface area contributed by atoms with E-state index in [0.717, 1.165) is 0 Å².